The second kappa shape index (κ2) is 9.62. The first-order valence-electron chi connectivity index (χ1n) is 10.0. The van der Waals surface area contributed by atoms with Gasteiger partial charge in [0.15, 0.2) is 5.69 Å². The molecule has 1 unspecified atom stereocenters. The van der Waals surface area contributed by atoms with Gasteiger partial charge >= 0.3 is 0 Å². The van der Waals surface area contributed by atoms with Gasteiger partial charge < -0.3 is 10.1 Å². The number of nitrogens with one attached hydrogen (secondary N) is 1. The Labute approximate surface area is 182 Å². The van der Waals surface area contributed by atoms with E-state index in [1.807, 2.05) is 6.07 Å². The van der Waals surface area contributed by atoms with Crippen LogP contribution in [0.25, 0.3) is 5.69 Å². The first kappa shape index (κ1) is 21.5. The standard InChI is InChI=1S/C21H21FN6O4/c22-16-4-1-3-15(11-16)20(26-7-9-32-10-8-26)13-23-21(29)19-14-27(25-24-19)17-5-2-6-18(12-17)28(30)31/h1-6,11-12,14,20H,7-10,13H2,(H,23,29). The van der Waals surface area contributed by atoms with Crippen molar-refractivity contribution in [3.8, 4) is 5.69 Å². The highest BCUT2D eigenvalue weighted by Gasteiger charge is 2.24. The van der Waals surface area contributed by atoms with Crippen LogP contribution in [0.15, 0.2) is 54.7 Å². The van der Waals surface area contributed by atoms with E-state index in [4.69, 9.17) is 4.74 Å². The minimum Gasteiger partial charge on any atom is -0.379 e. The van der Waals surface area contributed by atoms with Crippen LogP contribution in [0.5, 0.6) is 0 Å². The molecular formula is C21H21FN6O4. The third kappa shape index (κ3) is 4.95. The summed E-state index contributed by atoms with van der Waals surface area (Å²) in [6.07, 6.45) is 1.40. The lowest BCUT2D eigenvalue weighted by Crippen LogP contribution is -2.43. The van der Waals surface area contributed by atoms with Gasteiger partial charge in [0, 0.05) is 31.8 Å². The predicted molar refractivity (Wildman–Crippen MR) is 112 cm³/mol. The van der Waals surface area contributed by atoms with Crippen molar-refractivity contribution in [3.05, 3.63) is 81.9 Å². The molecule has 1 aliphatic rings. The molecule has 0 aliphatic carbocycles. The second-order valence-corrected chi connectivity index (χ2v) is 7.25. The SMILES string of the molecule is O=C(NCC(c1cccc(F)c1)N1CCOCC1)c1cn(-c2cccc([N+](=O)[O-])c2)nn1. The van der Waals surface area contributed by atoms with Gasteiger partial charge in [0.05, 0.1) is 36.1 Å². The average Bonchev–Trinajstić information content (AvgIpc) is 3.30. The van der Waals surface area contributed by atoms with Crippen molar-refractivity contribution in [1.29, 1.82) is 0 Å². The molecule has 1 saturated heterocycles. The summed E-state index contributed by atoms with van der Waals surface area (Å²) in [6.45, 7) is 2.71. The van der Waals surface area contributed by atoms with Crippen molar-refractivity contribution >= 4 is 11.6 Å². The van der Waals surface area contributed by atoms with Gasteiger partial charge in [-0.2, -0.15) is 0 Å². The highest BCUT2D eigenvalue weighted by Crippen LogP contribution is 2.22. The summed E-state index contributed by atoms with van der Waals surface area (Å²) in [6, 6.07) is 11.9. The number of non-ortho nitro benzene ring substituents is 1. The molecule has 1 atom stereocenters. The van der Waals surface area contributed by atoms with Crippen LogP contribution in [-0.2, 0) is 4.74 Å². The molecule has 1 fully saturated rings. The Kier molecular flexibility index (Phi) is 6.47. The zero-order chi connectivity index (χ0) is 22.5. The molecule has 1 N–H and O–H groups in total. The fraction of sp³-hybridized carbons (Fsp3) is 0.286. The zero-order valence-corrected chi connectivity index (χ0v) is 17.1. The Morgan fingerprint density at radius 2 is 2.00 bits per heavy atom. The first-order chi connectivity index (χ1) is 15.5. The van der Waals surface area contributed by atoms with Gasteiger partial charge in [-0.05, 0) is 23.8 Å². The van der Waals surface area contributed by atoms with E-state index in [9.17, 15) is 19.3 Å². The topological polar surface area (TPSA) is 115 Å². The molecule has 0 bridgehead atoms. The van der Waals surface area contributed by atoms with Crippen molar-refractivity contribution in [2.45, 2.75) is 6.04 Å². The van der Waals surface area contributed by atoms with Gasteiger partial charge in [-0.15, -0.1) is 5.10 Å². The summed E-state index contributed by atoms with van der Waals surface area (Å²) >= 11 is 0. The molecule has 2 heterocycles. The van der Waals surface area contributed by atoms with E-state index in [0.717, 1.165) is 5.56 Å². The van der Waals surface area contributed by atoms with Crippen LogP contribution in [0.4, 0.5) is 10.1 Å². The molecule has 0 spiro atoms. The number of nitro groups is 1. The number of nitro benzene ring substituents is 1. The molecule has 3 aromatic rings. The third-order valence-corrected chi connectivity index (χ3v) is 5.21. The number of carbonyl (C=O) groups excluding carboxylic acids is 1. The fourth-order valence-corrected chi connectivity index (χ4v) is 3.58. The molecule has 4 rings (SSSR count). The van der Waals surface area contributed by atoms with E-state index in [1.165, 1.54) is 41.2 Å². The molecule has 1 aromatic heterocycles. The van der Waals surface area contributed by atoms with Crippen LogP contribution in [0.1, 0.15) is 22.1 Å². The molecule has 1 aliphatic heterocycles. The number of benzene rings is 2. The van der Waals surface area contributed by atoms with Crippen molar-refractivity contribution in [1.82, 2.24) is 25.2 Å². The monoisotopic (exact) mass is 440 g/mol. The van der Waals surface area contributed by atoms with E-state index < -0.39 is 10.8 Å². The first-order valence-corrected chi connectivity index (χ1v) is 10.0. The third-order valence-electron chi connectivity index (χ3n) is 5.21. The molecule has 166 valence electrons. The van der Waals surface area contributed by atoms with Gasteiger partial charge in [-0.25, -0.2) is 9.07 Å². The number of hydrogen-bond acceptors (Lipinski definition) is 7. The molecule has 0 saturated carbocycles. The smallest absolute Gasteiger partial charge is 0.273 e. The van der Waals surface area contributed by atoms with Crippen molar-refractivity contribution in [3.63, 3.8) is 0 Å². The lowest BCUT2D eigenvalue weighted by molar-refractivity contribution is -0.384. The summed E-state index contributed by atoms with van der Waals surface area (Å²) in [5.74, 6) is -0.789. The predicted octanol–water partition coefficient (Wildman–Crippen LogP) is 2.12. The molecule has 0 radical (unpaired) electrons. The van der Waals surface area contributed by atoms with Crippen LogP contribution in [0, 0.1) is 15.9 Å². The Hall–Kier alpha value is -3.70. The fourth-order valence-electron chi connectivity index (χ4n) is 3.58. The lowest BCUT2D eigenvalue weighted by atomic mass is 10.0. The van der Waals surface area contributed by atoms with Crippen LogP contribution in [0.2, 0.25) is 0 Å². The van der Waals surface area contributed by atoms with Crippen molar-refractivity contribution in [2.24, 2.45) is 0 Å². The normalized spacial score (nSPS) is 15.3. The quantitative estimate of drug-likeness (QED) is 0.442. The summed E-state index contributed by atoms with van der Waals surface area (Å²) in [5, 5.41) is 21.6. The highest BCUT2D eigenvalue weighted by molar-refractivity contribution is 5.91. The summed E-state index contributed by atoms with van der Waals surface area (Å²) in [5.41, 5.74) is 1.15. The number of halogens is 1. The number of hydrogen-bond donors (Lipinski definition) is 1. The Bertz CT molecular complexity index is 1110. The molecule has 2 aromatic carbocycles. The van der Waals surface area contributed by atoms with Crippen LogP contribution in [-0.4, -0.2) is 63.6 Å². The Balaban J connectivity index is 1.48. The Morgan fingerprint density at radius 1 is 1.22 bits per heavy atom. The number of aromatic nitrogens is 3. The van der Waals surface area contributed by atoms with Crippen LogP contribution >= 0.6 is 0 Å². The van der Waals surface area contributed by atoms with Gasteiger partial charge in [-0.1, -0.05) is 23.4 Å². The highest BCUT2D eigenvalue weighted by atomic mass is 19.1. The molecule has 11 heteroatoms. The number of rotatable bonds is 7. The van der Waals surface area contributed by atoms with E-state index in [1.54, 1.807) is 12.1 Å². The maximum absolute atomic E-state index is 13.8. The van der Waals surface area contributed by atoms with Crippen LogP contribution < -0.4 is 5.32 Å². The van der Waals surface area contributed by atoms with Gasteiger partial charge in [0.25, 0.3) is 11.6 Å². The van der Waals surface area contributed by atoms with E-state index in [-0.39, 0.29) is 29.8 Å². The minimum absolute atomic E-state index is 0.0662. The molecule has 32 heavy (non-hydrogen) atoms. The van der Waals surface area contributed by atoms with E-state index in [0.29, 0.717) is 32.0 Å². The van der Waals surface area contributed by atoms with E-state index >= 15 is 0 Å². The second-order valence-electron chi connectivity index (χ2n) is 7.25. The summed E-state index contributed by atoms with van der Waals surface area (Å²) in [4.78, 5) is 25.3. The number of amides is 1. The number of ether oxygens (including phenoxy) is 1. The molecule has 1 amide bonds. The number of nitrogens with zero attached hydrogens (tertiary/aromatic N) is 5. The Morgan fingerprint density at radius 3 is 2.75 bits per heavy atom. The molecule has 10 nitrogen and oxygen atoms in total. The maximum Gasteiger partial charge on any atom is 0.273 e. The maximum atomic E-state index is 13.8. The van der Waals surface area contributed by atoms with Gasteiger partial charge in [0.1, 0.15) is 5.82 Å². The zero-order valence-electron chi connectivity index (χ0n) is 17.1. The van der Waals surface area contributed by atoms with Gasteiger partial charge in [-0.3, -0.25) is 19.8 Å². The summed E-state index contributed by atoms with van der Waals surface area (Å²) < 4.78 is 20.5. The summed E-state index contributed by atoms with van der Waals surface area (Å²) in [7, 11) is 0. The van der Waals surface area contributed by atoms with Crippen LogP contribution in [0.3, 0.4) is 0 Å². The van der Waals surface area contributed by atoms with Crippen molar-refractivity contribution in [2.75, 3.05) is 32.8 Å². The average molecular weight is 440 g/mol. The van der Waals surface area contributed by atoms with Gasteiger partial charge in [0.2, 0.25) is 0 Å². The largest absolute Gasteiger partial charge is 0.379 e. The molecular weight excluding hydrogens is 419 g/mol. The van der Waals surface area contributed by atoms with E-state index in [2.05, 4.69) is 20.5 Å². The number of morpholine rings is 1. The lowest BCUT2D eigenvalue weighted by Gasteiger charge is -2.34. The number of carbonyl (C=O) groups is 1. The minimum atomic E-state index is -0.508. The van der Waals surface area contributed by atoms with Crippen molar-refractivity contribution < 1.29 is 18.8 Å².